The van der Waals surface area contributed by atoms with Crippen LogP contribution in [0.15, 0.2) is 33.9 Å². The van der Waals surface area contributed by atoms with E-state index in [2.05, 4.69) is 18.7 Å². The van der Waals surface area contributed by atoms with Crippen molar-refractivity contribution in [2.24, 2.45) is 0 Å². The van der Waals surface area contributed by atoms with Crippen molar-refractivity contribution in [2.45, 2.75) is 20.4 Å². The molecule has 0 N–H and O–H groups in total. The lowest BCUT2D eigenvalue weighted by atomic mass is 10.3. The SMILES string of the molecule is CCN(CC)CCn1c(=O)sc2ccccc2c1=O.Cl. The summed E-state index contributed by atoms with van der Waals surface area (Å²) in [6.45, 7) is 7.20. The van der Waals surface area contributed by atoms with Gasteiger partial charge in [-0.15, -0.1) is 12.4 Å². The normalized spacial score (nSPS) is 10.8. The molecule has 6 heteroatoms. The number of hydrogen-bond donors (Lipinski definition) is 0. The van der Waals surface area contributed by atoms with E-state index in [4.69, 9.17) is 0 Å². The lowest BCUT2D eigenvalue weighted by Crippen LogP contribution is -2.36. The largest absolute Gasteiger partial charge is 0.310 e. The van der Waals surface area contributed by atoms with Gasteiger partial charge in [-0.1, -0.05) is 37.3 Å². The van der Waals surface area contributed by atoms with Gasteiger partial charge in [-0.25, -0.2) is 0 Å². The molecule has 110 valence electrons. The van der Waals surface area contributed by atoms with Crippen LogP contribution < -0.4 is 10.4 Å². The number of rotatable bonds is 5. The Labute approximate surface area is 128 Å². The molecule has 2 aromatic rings. The average Bonchev–Trinajstić information content (AvgIpc) is 2.43. The van der Waals surface area contributed by atoms with Crippen molar-refractivity contribution in [3.8, 4) is 0 Å². The quantitative estimate of drug-likeness (QED) is 0.849. The maximum Gasteiger partial charge on any atom is 0.310 e. The predicted octanol–water partition coefficient (Wildman–Crippen LogP) is 2.19. The Morgan fingerprint density at radius 3 is 2.45 bits per heavy atom. The first-order chi connectivity index (χ1) is 9.17. The number of halogens is 1. The van der Waals surface area contributed by atoms with Crippen LogP contribution in [-0.4, -0.2) is 29.1 Å². The van der Waals surface area contributed by atoms with E-state index >= 15 is 0 Å². The van der Waals surface area contributed by atoms with Crippen LogP contribution >= 0.6 is 23.7 Å². The van der Waals surface area contributed by atoms with E-state index in [-0.39, 0.29) is 22.8 Å². The molecule has 0 unspecified atom stereocenters. The van der Waals surface area contributed by atoms with Gasteiger partial charge in [-0.05, 0) is 25.2 Å². The monoisotopic (exact) mass is 314 g/mol. The van der Waals surface area contributed by atoms with Gasteiger partial charge < -0.3 is 4.90 Å². The summed E-state index contributed by atoms with van der Waals surface area (Å²) in [7, 11) is 0. The van der Waals surface area contributed by atoms with Crippen molar-refractivity contribution in [3.05, 3.63) is 44.3 Å². The molecule has 0 aliphatic carbocycles. The van der Waals surface area contributed by atoms with Crippen molar-refractivity contribution < 1.29 is 0 Å². The first kappa shape index (κ1) is 16.9. The van der Waals surface area contributed by atoms with Gasteiger partial charge in [-0.2, -0.15) is 0 Å². The smallest absolute Gasteiger partial charge is 0.302 e. The minimum atomic E-state index is -0.175. The highest BCUT2D eigenvalue weighted by Crippen LogP contribution is 2.10. The van der Waals surface area contributed by atoms with Gasteiger partial charge in [-0.3, -0.25) is 14.2 Å². The van der Waals surface area contributed by atoms with Crippen LogP contribution in [0.2, 0.25) is 0 Å². The van der Waals surface area contributed by atoms with Crippen molar-refractivity contribution in [1.82, 2.24) is 9.47 Å². The van der Waals surface area contributed by atoms with Crippen molar-refractivity contribution in [2.75, 3.05) is 19.6 Å². The van der Waals surface area contributed by atoms with Crippen LogP contribution in [0.4, 0.5) is 0 Å². The molecule has 0 atom stereocenters. The van der Waals surface area contributed by atoms with Gasteiger partial charge in [0.1, 0.15) is 0 Å². The third kappa shape index (κ3) is 3.48. The highest BCUT2D eigenvalue weighted by Gasteiger charge is 2.08. The van der Waals surface area contributed by atoms with Gasteiger partial charge in [0, 0.05) is 17.8 Å². The molecule has 0 spiro atoms. The lowest BCUT2D eigenvalue weighted by molar-refractivity contribution is 0.288. The number of aromatic nitrogens is 1. The Kier molecular flexibility index (Phi) is 6.39. The summed E-state index contributed by atoms with van der Waals surface area (Å²) in [5.74, 6) is 0. The van der Waals surface area contributed by atoms with E-state index in [1.54, 1.807) is 6.07 Å². The van der Waals surface area contributed by atoms with Crippen LogP contribution in [0.5, 0.6) is 0 Å². The molecule has 4 nitrogen and oxygen atoms in total. The van der Waals surface area contributed by atoms with Gasteiger partial charge in [0.05, 0.1) is 5.39 Å². The fourth-order valence-electron chi connectivity index (χ4n) is 2.08. The van der Waals surface area contributed by atoms with E-state index in [9.17, 15) is 9.59 Å². The Morgan fingerprint density at radius 1 is 1.15 bits per heavy atom. The summed E-state index contributed by atoms with van der Waals surface area (Å²) < 4.78 is 2.11. The van der Waals surface area contributed by atoms with Gasteiger partial charge in [0.2, 0.25) is 0 Å². The molecule has 0 fully saturated rings. The number of likely N-dealkylation sites (N-methyl/N-ethyl adjacent to an activating group) is 1. The topological polar surface area (TPSA) is 42.3 Å². The first-order valence-electron chi connectivity index (χ1n) is 6.52. The maximum atomic E-state index is 12.3. The van der Waals surface area contributed by atoms with Gasteiger partial charge in [0.15, 0.2) is 0 Å². The number of fused-ring (bicyclic) bond motifs is 1. The van der Waals surface area contributed by atoms with Crippen molar-refractivity contribution in [1.29, 1.82) is 0 Å². The summed E-state index contributed by atoms with van der Waals surface area (Å²) in [6, 6.07) is 7.27. The predicted molar refractivity (Wildman–Crippen MR) is 87.4 cm³/mol. The minimum Gasteiger partial charge on any atom is -0.302 e. The average molecular weight is 315 g/mol. The highest BCUT2D eigenvalue weighted by atomic mass is 35.5. The number of nitrogens with zero attached hydrogens (tertiary/aromatic N) is 2. The molecular formula is C14H19ClN2O2S. The second-order valence-electron chi connectivity index (χ2n) is 4.35. The Hall–Kier alpha value is -1.17. The molecule has 0 bridgehead atoms. The Morgan fingerprint density at radius 2 is 1.80 bits per heavy atom. The molecule has 0 saturated heterocycles. The van der Waals surface area contributed by atoms with Crippen molar-refractivity contribution >= 4 is 33.8 Å². The fourth-order valence-corrected chi connectivity index (χ4v) is 2.97. The van der Waals surface area contributed by atoms with Crippen LogP contribution in [0, 0.1) is 0 Å². The number of benzene rings is 1. The summed E-state index contributed by atoms with van der Waals surface area (Å²) in [5.41, 5.74) is -0.175. The second-order valence-corrected chi connectivity index (χ2v) is 5.34. The van der Waals surface area contributed by atoms with Crippen LogP contribution in [0.3, 0.4) is 0 Å². The summed E-state index contributed by atoms with van der Waals surface area (Å²) >= 11 is 1.14. The summed E-state index contributed by atoms with van der Waals surface area (Å²) in [4.78, 5) is 26.3. The van der Waals surface area contributed by atoms with E-state index in [0.717, 1.165) is 35.7 Å². The fraction of sp³-hybridized carbons (Fsp3) is 0.429. The molecule has 1 aromatic heterocycles. The molecule has 2 rings (SSSR count). The molecule has 1 heterocycles. The van der Waals surface area contributed by atoms with Crippen LogP contribution in [0.25, 0.3) is 10.1 Å². The first-order valence-corrected chi connectivity index (χ1v) is 7.34. The van der Waals surface area contributed by atoms with Crippen molar-refractivity contribution in [3.63, 3.8) is 0 Å². The molecule has 20 heavy (non-hydrogen) atoms. The second kappa shape index (κ2) is 7.57. The third-order valence-corrected chi connectivity index (χ3v) is 4.29. The molecule has 0 aliphatic heterocycles. The zero-order valence-corrected chi connectivity index (χ0v) is 13.3. The molecule has 1 aromatic carbocycles. The van der Waals surface area contributed by atoms with E-state index in [0.29, 0.717) is 11.9 Å². The Bertz CT molecular complexity index is 677. The minimum absolute atomic E-state index is 0. The third-order valence-electron chi connectivity index (χ3n) is 3.31. The summed E-state index contributed by atoms with van der Waals surface area (Å²) in [5, 5.41) is 0.631. The van der Waals surface area contributed by atoms with Crippen LogP contribution in [-0.2, 0) is 6.54 Å². The zero-order valence-electron chi connectivity index (χ0n) is 11.7. The molecule has 0 aliphatic rings. The van der Waals surface area contributed by atoms with E-state index in [1.807, 2.05) is 18.2 Å². The summed E-state index contributed by atoms with van der Waals surface area (Å²) in [6.07, 6.45) is 0. The van der Waals surface area contributed by atoms with Crippen LogP contribution in [0.1, 0.15) is 13.8 Å². The molecular weight excluding hydrogens is 296 g/mol. The van der Waals surface area contributed by atoms with E-state index < -0.39 is 0 Å². The lowest BCUT2D eigenvalue weighted by Gasteiger charge is -2.18. The zero-order chi connectivity index (χ0) is 13.8. The number of hydrogen-bond acceptors (Lipinski definition) is 4. The van der Waals surface area contributed by atoms with Gasteiger partial charge in [0.25, 0.3) is 5.56 Å². The maximum absolute atomic E-state index is 12.3. The Balaban J connectivity index is 0.00000200. The molecule has 0 amide bonds. The highest BCUT2D eigenvalue weighted by molar-refractivity contribution is 7.16. The molecule has 0 radical (unpaired) electrons. The van der Waals surface area contributed by atoms with E-state index in [1.165, 1.54) is 4.57 Å². The molecule has 0 saturated carbocycles. The standard InChI is InChI=1S/C14H18N2O2S.ClH/c1-3-15(4-2)9-10-16-13(17)11-7-5-6-8-12(11)19-14(16)18;/h5-8H,3-4,9-10H2,1-2H3;1H. The van der Waals surface area contributed by atoms with Gasteiger partial charge >= 0.3 is 4.87 Å².